The van der Waals surface area contributed by atoms with Gasteiger partial charge in [0.1, 0.15) is 11.6 Å². The Hall–Kier alpha value is -1.18. The van der Waals surface area contributed by atoms with Crippen molar-refractivity contribution in [1.82, 2.24) is 0 Å². The van der Waals surface area contributed by atoms with Crippen molar-refractivity contribution in [2.24, 2.45) is 101 Å². The molecule has 0 aromatic heterocycles. The quantitative estimate of drug-likeness (QED) is 0.128. The van der Waals surface area contributed by atoms with E-state index in [1.165, 1.54) is 255 Å². The lowest BCUT2D eigenvalue weighted by atomic mass is 9.65. The first-order valence-electron chi connectivity index (χ1n) is 35.8. The van der Waals surface area contributed by atoms with Crippen molar-refractivity contribution in [2.75, 3.05) is 0 Å². The second kappa shape index (κ2) is 34.4. The van der Waals surface area contributed by atoms with Crippen LogP contribution >= 0.6 is 0 Å². The number of unbranched alkanes of at least 4 members (excludes halogenated alkanes) is 1. The third-order valence-corrected chi connectivity index (χ3v) is 24.9. The van der Waals surface area contributed by atoms with Crippen molar-refractivity contribution in [3.8, 4) is 0 Å². The van der Waals surface area contributed by atoms with Crippen LogP contribution in [0.15, 0.2) is 24.3 Å². The average Bonchev–Trinajstić information content (AvgIpc) is 3.85. The molecule has 2 nitrogen and oxygen atoms in total. The number of carbonyl (C=O) groups is 2. The van der Waals surface area contributed by atoms with Gasteiger partial charge in [-0.25, -0.2) is 0 Å². The van der Waals surface area contributed by atoms with Crippen LogP contribution in [0, 0.1) is 101 Å². The molecule has 8 aliphatic carbocycles. The number of rotatable bonds is 14. The molecule has 2 heteroatoms. The van der Waals surface area contributed by atoms with Gasteiger partial charge in [-0.05, 0) is 193 Å². The van der Waals surface area contributed by atoms with E-state index in [9.17, 15) is 9.59 Å². The van der Waals surface area contributed by atoms with Crippen molar-refractivity contribution in [1.29, 1.82) is 0 Å². The molecule has 0 heterocycles. The molecule has 8 aliphatic rings. The first-order chi connectivity index (χ1) is 37.4. The second-order valence-electron chi connectivity index (χ2n) is 30.5. The van der Waals surface area contributed by atoms with E-state index < -0.39 is 0 Å². The summed E-state index contributed by atoms with van der Waals surface area (Å²) in [7, 11) is 0. The van der Waals surface area contributed by atoms with Crippen molar-refractivity contribution in [3.05, 3.63) is 24.3 Å². The Morgan fingerprint density at radius 1 is 0.494 bits per heavy atom. The molecule has 0 amide bonds. The Kier molecular flexibility index (Phi) is 28.4. The predicted molar refractivity (Wildman–Crippen MR) is 333 cm³/mol. The molecule has 0 aliphatic heterocycles. The Balaban J connectivity index is 1.06. The molecule has 0 radical (unpaired) electrons. The van der Waals surface area contributed by atoms with Crippen LogP contribution in [0.2, 0.25) is 0 Å². The molecule has 8 rings (SSSR count). The molecular weight excluding hydrogens is 933 g/mol. The third-order valence-electron chi connectivity index (χ3n) is 24.9. The van der Waals surface area contributed by atoms with E-state index in [4.69, 9.17) is 6.58 Å². The fourth-order valence-electron chi connectivity index (χ4n) is 19.2. The Morgan fingerprint density at radius 2 is 1.05 bits per heavy atom. The zero-order chi connectivity index (χ0) is 54.4. The molecule has 8 fully saturated rings. The van der Waals surface area contributed by atoms with Crippen LogP contribution in [0.5, 0.6) is 0 Å². The first-order valence-corrected chi connectivity index (χ1v) is 35.8. The molecule has 0 aromatic carbocycles. The van der Waals surface area contributed by atoms with Gasteiger partial charge in [0.2, 0.25) is 0 Å². The molecule has 8 saturated carbocycles. The normalized spacial score (nSPS) is 37.0. The minimum atomic E-state index is -0.0824. The lowest BCUT2D eigenvalue weighted by molar-refractivity contribution is -0.130. The van der Waals surface area contributed by atoms with Gasteiger partial charge >= 0.3 is 0 Å². The summed E-state index contributed by atoms with van der Waals surface area (Å²) in [6.07, 6.45) is 62.6. The molecular formula is C75H130O2. The van der Waals surface area contributed by atoms with Crippen molar-refractivity contribution >= 4 is 11.6 Å². The molecule has 0 saturated heterocycles. The van der Waals surface area contributed by atoms with Crippen LogP contribution in [0.4, 0.5) is 0 Å². The molecule has 4 bridgehead atoms. The van der Waals surface area contributed by atoms with Crippen LogP contribution in [0.1, 0.15) is 336 Å². The highest BCUT2D eigenvalue weighted by atomic mass is 16.1. The SMILES string of the molecule is C=C(C)C(C)CCCC[C@@H]1CC(=O)[C@H](CC2CCC3C(C)CCCC23)CCCCCCC2CCCCCCC3CCC(CC3)CCC(C(C)CC(CC3CCC4CCCCC4C3)C(=C)C)CCC(CCCC2)CCCC1=O. The summed E-state index contributed by atoms with van der Waals surface area (Å²) >= 11 is 0. The van der Waals surface area contributed by atoms with Crippen LogP contribution in [0.25, 0.3) is 0 Å². The summed E-state index contributed by atoms with van der Waals surface area (Å²) in [4.78, 5) is 29.8. The predicted octanol–water partition coefficient (Wildman–Crippen LogP) is 23.2. The molecule has 0 spiro atoms. The number of carbonyl (C=O) groups excluding carboxylic acids is 2. The van der Waals surface area contributed by atoms with E-state index in [0.717, 1.165) is 122 Å². The fraction of sp³-hybridized carbons (Fsp3) is 0.920. The van der Waals surface area contributed by atoms with Gasteiger partial charge in [-0.1, -0.05) is 244 Å². The van der Waals surface area contributed by atoms with Gasteiger partial charge < -0.3 is 0 Å². The maximum absolute atomic E-state index is 15.0. The van der Waals surface area contributed by atoms with Gasteiger partial charge in [0.25, 0.3) is 0 Å². The minimum absolute atomic E-state index is 0.0824. The van der Waals surface area contributed by atoms with Crippen LogP contribution < -0.4 is 0 Å². The zero-order valence-electron chi connectivity index (χ0n) is 52.3. The lowest BCUT2D eigenvalue weighted by Crippen LogP contribution is -2.29. The minimum Gasteiger partial charge on any atom is -0.299 e. The summed E-state index contributed by atoms with van der Waals surface area (Å²) in [5.74, 6) is 13.6. The molecule has 77 heavy (non-hydrogen) atoms. The van der Waals surface area contributed by atoms with Gasteiger partial charge in [0.15, 0.2) is 0 Å². The molecule has 13 unspecified atom stereocenters. The summed E-state index contributed by atoms with van der Waals surface area (Å²) < 4.78 is 0. The van der Waals surface area contributed by atoms with Gasteiger partial charge in [0.05, 0.1) is 0 Å². The maximum atomic E-state index is 15.0. The van der Waals surface area contributed by atoms with Gasteiger partial charge in [0, 0.05) is 24.7 Å². The van der Waals surface area contributed by atoms with Crippen LogP contribution in [-0.4, -0.2) is 11.6 Å². The maximum Gasteiger partial charge on any atom is 0.136 e. The highest BCUT2D eigenvalue weighted by Crippen LogP contribution is 2.51. The van der Waals surface area contributed by atoms with E-state index in [1.54, 1.807) is 0 Å². The lowest BCUT2D eigenvalue weighted by Gasteiger charge is -2.41. The third kappa shape index (κ3) is 21.5. The molecule has 442 valence electrons. The van der Waals surface area contributed by atoms with Gasteiger partial charge in [-0.3, -0.25) is 9.59 Å². The largest absolute Gasteiger partial charge is 0.299 e. The topological polar surface area (TPSA) is 34.1 Å². The Morgan fingerprint density at radius 3 is 1.70 bits per heavy atom. The van der Waals surface area contributed by atoms with Crippen molar-refractivity contribution in [2.45, 2.75) is 336 Å². The summed E-state index contributed by atoms with van der Waals surface area (Å²) in [5, 5.41) is 0. The average molecular weight is 1060 g/mol. The number of ketones is 2. The van der Waals surface area contributed by atoms with Crippen molar-refractivity contribution in [3.63, 3.8) is 0 Å². The van der Waals surface area contributed by atoms with E-state index in [2.05, 4.69) is 41.2 Å². The van der Waals surface area contributed by atoms with Crippen molar-refractivity contribution < 1.29 is 9.59 Å². The summed E-state index contributed by atoms with van der Waals surface area (Å²) in [6, 6.07) is 0. The highest BCUT2D eigenvalue weighted by molar-refractivity contribution is 5.89. The molecule has 0 N–H and O–H groups in total. The van der Waals surface area contributed by atoms with Gasteiger partial charge in [-0.2, -0.15) is 0 Å². The number of hydrogen-bond acceptors (Lipinski definition) is 2. The van der Waals surface area contributed by atoms with Crippen LogP contribution in [-0.2, 0) is 9.59 Å². The van der Waals surface area contributed by atoms with E-state index in [0.29, 0.717) is 36.2 Å². The van der Waals surface area contributed by atoms with E-state index in [-0.39, 0.29) is 11.8 Å². The van der Waals surface area contributed by atoms with Crippen LogP contribution in [0.3, 0.4) is 0 Å². The number of Topliss-reactive ketones (excluding diaryl/α,β-unsaturated/α-hetero) is 2. The molecule has 0 aromatic rings. The number of fused-ring (bicyclic) bond motifs is 13. The fourth-order valence-corrected chi connectivity index (χ4v) is 19.2. The zero-order valence-corrected chi connectivity index (χ0v) is 52.3. The molecule has 15 atom stereocenters. The number of hydrogen-bond donors (Lipinski definition) is 0. The first kappa shape index (κ1) is 63.4. The highest BCUT2D eigenvalue weighted by Gasteiger charge is 2.42. The van der Waals surface area contributed by atoms with E-state index in [1.807, 2.05) is 0 Å². The summed E-state index contributed by atoms with van der Waals surface area (Å²) in [5.41, 5.74) is 2.74. The Labute approximate surface area is 480 Å². The number of allylic oxidation sites excluding steroid dienone is 2. The smallest absolute Gasteiger partial charge is 0.136 e. The monoisotopic (exact) mass is 1060 g/mol. The standard InChI is InChI=1S/C75H130O2/c1-55(2)57(5)24-16-19-35-70-54-75(77)69(53-68-48-49-72-58(6)25-22-36-73(68)72)34-15-11-10-13-27-60-26-12-8-9-14-28-62-38-40-63(41-39-62)43-46-65(45-42-61(30-18-17-29-60)31-23-37-74(70)76)59(7)50-71(56(3)4)52-64-44-47-66-32-20-21-33-67(66)51-64/h57-73H,1,3,8-54H2,2,4-7H3/t57?,58?,59?,60?,61?,62?,63?,64?,65?,66?,67?,68?,69-,70+,71?,72?,73?/m0/s1. The van der Waals surface area contributed by atoms with Gasteiger partial charge in [-0.15, -0.1) is 0 Å². The summed E-state index contributed by atoms with van der Waals surface area (Å²) in [6.45, 7) is 21.1. The second-order valence-corrected chi connectivity index (χ2v) is 30.5. The Bertz CT molecular complexity index is 1680. The van der Waals surface area contributed by atoms with E-state index >= 15 is 0 Å².